The van der Waals surface area contributed by atoms with E-state index in [1.807, 2.05) is 0 Å². The summed E-state index contributed by atoms with van der Waals surface area (Å²) >= 11 is 8.58. The van der Waals surface area contributed by atoms with Gasteiger partial charge in [-0.25, -0.2) is 0 Å². The zero-order chi connectivity index (χ0) is 6.69. The minimum absolute atomic E-state index is 1.04. The van der Waals surface area contributed by atoms with Gasteiger partial charge in [0.15, 0.2) is 0 Å². The maximum atomic E-state index is 3.46. The molecule has 0 saturated carbocycles. The normalized spacial score (nSPS) is 10.0. The van der Waals surface area contributed by atoms with Crippen molar-refractivity contribution in [2.45, 2.75) is 6.42 Å². The molecule has 0 aromatic carbocycles. The predicted octanol–water partition coefficient (Wildman–Crippen LogP) is 3.45. The summed E-state index contributed by atoms with van der Waals surface area (Å²) in [7, 11) is 0. The lowest BCUT2D eigenvalue weighted by molar-refractivity contribution is 1.17. The third-order valence-corrected chi connectivity index (χ3v) is 3.28. The van der Waals surface area contributed by atoms with Crippen molar-refractivity contribution >= 4 is 43.2 Å². The number of hydrogen-bond donors (Lipinski definition) is 0. The molecule has 0 saturated heterocycles. The molecule has 0 N–H and O–H groups in total. The van der Waals surface area contributed by atoms with Gasteiger partial charge in [-0.05, 0) is 33.3 Å². The predicted molar refractivity (Wildman–Crippen MR) is 49.5 cm³/mol. The maximum absolute atomic E-state index is 3.46. The van der Waals surface area contributed by atoms with Gasteiger partial charge in [-0.3, -0.25) is 0 Å². The largest absolute Gasteiger partial charge is 0.151 e. The Bertz CT molecular complexity index is 183. The van der Waals surface area contributed by atoms with E-state index in [1.54, 1.807) is 11.3 Å². The van der Waals surface area contributed by atoms with E-state index in [4.69, 9.17) is 0 Å². The second kappa shape index (κ2) is 3.74. The minimum Gasteiger partial charge on any atom is -0.151 e. The number of alkyl halides is 1. The van der Waals surface area contributed by atoms with Crippen LogP contribution in [0.1, 0.15) is 5.56 Å². The number of halogens is 2. The van der Waals surface area contributed by atoms with Gasteiger partial charge in [0, 0.05) is 15.2 Å². The highest BCUT2D eigenvalue weighted by Gasteiger charge is 1.97. The van der Waals surface area contributed by atoms with E-state index in [-0.39, 0.29) is 0 Å². The van der Waals surface area contributed by atoms with Gasteiger partial charge in [0.2, 0.25) is 0 Å². The second-order valence-electron chi connectivity index (χ2n) is 1.68. The first kappa shape index (κ1) is 7.76. The van der Waals surface area contributed by atoms with Crippen LogP contribution in [0.25, 0.3) is 0 Å². The quantitative estimate of drug-likeness (QED) is 0.722. The van der Waals surface area contributed by atoms with E-state index in [2.05, 4.69) is 42.6 Å². The lowest BCUT2D eigenvalue weighted by Crippen LogP contribution is -1.80. The summed E-state index contributed by atoms with van der Waals surface area (Å²) in [6.07, 6.45) is 1.12. The van der Waals surface area contributed by atoms with Gasteiger partial charge in [0.25, 0.3) is 0 Å². The van der Waals surface area contributed by atoms with Crippen molar-refractivity contribution in [3.8, 4) is 0 Å². The van der Waals surface area contributed by atoms with Crippen LogP contribution < -0.4 is 0 Å². The second-order valence-corrected chi connectivity index (χ2v) is 4.07. The summed E-state index contributed by atoms with van der Waals surface area (Å²) < 4.78 is 1.24. The molecule has 1 aromatic rings. The van der Waals surface area contributed by atoms with Crippen LogP contribution in [0.5, 0.6) is 0 Å². The van der Waals surface area contributed by atoms with Crippen molar-refractivity contribution in [3.05, 3.63) is 20.8 Å². The van der Waals surface area contributed by atoms with Crippen molar-refractivity contribution < 1.29 is 0 Å². The Morgan fingerprint density at radius 2 is 2.22 bits per heavy atom. The van der Waals surface area contributed by atoms with Gasteiger partial charge in [-0.2, -0.15) is 11.3 Å². The Morgan fingerprint density at radius 1 is 1.44 bits per heavy atom. The molecule has 1 aromatic heterocycles. The minimum atomic E-state index is 1.04. The summed E-state index contributed by atoms with van der Waals surface area (Å²) in [5, 5.41) is 5.33. The van der Waals surface area contributed by atoms with Crippen LogP contribution in [0.15, 0.2) is 15.2 Å². The molecule has 0 aliphatic heterocycles. The standard InChI is InChI=1S/C6H6Br2S/c7-2-1-5-3-9-4-6(5)8/h3-4H,1-2H2. The summed E-state index contributed by atoms with van der Waals surface area (Å²) in [4.78, 5) is 0. The van der Waals surface area contributed by atoms with Crippen molar-refractivity contribution in [1.29, 1.82) is 0 Å². The molecule has 0 bridgehead atoms. The van der Waals surface area contributed by atoms with Crippen LogP contribution in [0.3, 0.4) is 0 Å². The molecule has 0 spiro atoms. The molecule has 1 heterocycles. The van der Waals surface area contributed by atoms with Crippen LogP contribution >= 0.6 is 43.2 Å². The first-order chi connectivity index (χ1) is 4.34. The molecule has 0 nitrogen and oxygen atoms in total. The fourth-order valence-corrected chi connectivity index (χ4v) is 2.55. The molecule has 3 heteroatoms. The molecular weight excluding hydrogens is 264 g/mol. The third kappa shape index (κ3) is 2.06. The molecule has 50 valence electrons. The van der Waals surface area contributed by atoms with E-state index < -0.39 is 0 Å². The van der Waals surface area contributed by atoms with E-state index in [9.17, 15) is 0 Å². The highest BCUT2D eigenvalue weighted by Crippen LogP contribution is 2.21. The average molecular weight is 270 g/mol. The van der Waals surface area contributed by atoms with Crippen LogP contribution in [-0.2, 0) is 6.42 Å². The monoisotopic (exact) mass is 268 g/mol. The Labute approximate surface area is 75.5 Å². The number of hydrogen-bond acceptors (Lipinski definition) is 1. The van der Waals surface area contributed by atoms with Crippen LogP contribution in [0.4, 0.5) is 0 Å². The van der Waals surface area contributed by atoms with Crippen LogP contribution in [-0.4, -0.2) is 5.33 Å². The highest BCUT2D eigenvalue weighted by molar-refractivity contribution is 9.10. The van der Waals surface area contributed by atoms with Gasteiger partial charge in [-0.1, -0.05) is 15.9 Å². The molecular formula is C6H6Br2S. The summed E-state index contributed by atoms with van der Waals surface area (Å²) in [5.41, 5.74) is 1.40. The molecule has 9 heavy (non-hydrogen) atoms. The fraction of sp³-hybridized carbons (Fsp3) is 0.333. The first-order valence-electron chi connectivity index (χ1n) is 2.61. The Balaban J connectivity index is 2.69. The third-order valence-electron chi connectivity index (χ3n) is 1.05. The average Bonchev–Trinajstić information content (AvgIpc) is 2.18. The molecule has 0 radical (unpaired) electrons. The van der Waals surface area contributed by atoms with Gasteiger partial charge < -0.3 is 0 Å². The van der Waals surface area contributed by atoms with Gasteiger partial charge in [0.1, 0.15) is 0 Å². The summed E-state index contributed by atoms with van der Waals surface area (Å²) in [5.74, 6) is 0. The smallest absolute Gasteiger partial charge is 0.0314 e. The zero-order valence-electron chi connectivity index (χ0n) is 4.73. The number of aryl methyl sites for hydroxylation is 1. The lowest BCUT2D eigenvalue weighted by Gasteiger charge is -1.90. The molecule has 0 aliphatic carbocycles. The fourth-order valence-electron chi connectivity index (χ4n) is 0.588. The number of rotatable bonds is 2. The Hall–Kier alpha value is 0.660. The summed E-state index contributed by atoms with van der Waals surface area (Å²) in [6, 6.07) is 0. The molecule has 0 atom stereocenters. The SMILES string of the molecule is BrCCc1cscc1Br. The van der Waals surface area contributed by atoms with Gasteiger partial charge >= 0.3 is 0 Å². The van der Waals surface area contributed by atoms with Crippen molar-refractivity contribution in [2.75, 3.05) is 5.33 Å². The van der Waals surface area contributed by atoms with Crippen molar-refractivity contribution in [1.82, 2.24) is 0 Å². The van der Waals surface area contributed by atoms with Crippen LogP contribution in [0, 0.1) is 0 Å². The van der Waals surface area contributed by atoms with Crippen molar-refractivity contribution in [3.63, 3.8) is 0 Å². The maximum Gasteiger partial charge on any atom is 0.0314 e. The highest BCUT2D eigenvalue weighted by atomic mass is 79.9. The first-order valence-corrected chi connectivity index (χ1v) is 5.47. The van der Waals surface area contributed by atoms with Gasteiger partial charge in [-0.15, -0.1) is 0 Å². The Kier molecular flexibility index (Phi) is 3.22. The topological polar surface area (TPSA) is 0 Å². The lowest BCUT2D eigenvalue weighted by atomic mass is 10.3. The summed E-state index contributed by atoms with van der Waals surface area (Å²) in [6.45, 7) is 0. The van der Waals surface area contributed by atoms with Crippen molar-refractivity contribution in [2.24, 2.45) is 0 Å². The Morgan fingerprint density at radius 3 is 2.67 bits per heavy atom. The zero-order valence-corrected chi connectivity index (χ0v) is 8.72. The van der Waals surface area contributed by atoms with E-state index in [1.165, 1.54) is 10.0 Å². The van der Waals surface area contributed by atoms with E-state index in [0.717, 1.165) is 11.8 Å². The number of thiophene rings is 1. The van der Waals surface area contributed by atoms with E-state index >= 15 is 0 Å². The molecule has 0 amide bonds. The molecule has 0 fully saturated rings. The molecule has 0 unspecified atom stereocenters. The van der Waals surface area contributed by atoms with Gasteiger partial charge in [0.05, 0.1) is 0 Å². The molecule has 0 aliphatic rings. The van der Waals surface area contributed by atoms with Crippen LogP contribution in [0.2, 0.25) is 0 Å². The molecule has 1 rings (SSSR count). The van der Waals surface area contributed by atoms with E-state index in [0.29, 0.717) is 0 Å².